The normalized spacial score (nSPS) is 12.6. The van der Waals surface area contributed by atoms with Crippen molar-refractivity contribution in [2.75, 3.05) is 20.2 Å². The second-order valence-corrected chi connectivity index (χ2v) is 9.74. The number of methoxy groups -OCH3 is 1. The van der Waals surface area contributed by atoms with E-state index in [4.69, 9.17) is 10.5 Å². The predicted molar refractivity (Wildman–Crippen MR) is 137 cm³/mol. The SMILES string of the molecule is CCCCN(C(=O)C(CC(N)=O)NC(=O)OC(C)(C)C)C(C(=O)NCC(=O)OC)c1cccc(C)c1C. The first-order valence-corrected chi connectivity index (χ1v) is 12.2. The summed E-state index contributed by atoms with van der Waals surface area (Å²) in [4.78, 5) is 64.7. The summed E-state index contributed by atoms with van der Waals surface area (Å²) in [5.74, 6) is -2.77. The van der Waals surface area contributed by atoms with E-state index in [0.717, 1.165) is 11.1 Å². The number of primary amides is 1. The highest BCUT2D eigenvalue weighted by atomic mass is 16.6. The number of nitrogens with zero attached hydrogens (tertiary/aromatic N) is 1. The summed E-state index contributed by atoms with van der Waals surface area (Å²) in [6.45, 7) is 10.4. The van der Waals surface area contributed by atoms with Crippen LogP contribution in [-0.4, -0.2) is 66.5 Å². The maximum atomic E-state index is 13.9. The smallest absolute Gasteiger partial charge is 0.408 e. The Morgan fingerprint density at radius 2 is 1.76 bits per heavy atom. The number of rotatable bonds is 12. The van der Waals surface area contributed by atoms with Gasteiger partial charge in [0.1, 0.15) is 24.2 Å². The molecule has 0 spiro atoms. The van der Waals surface area contributed by atoms with E-state index in [9.17, 15) is 24.0 Å². The van der Waals surface area contributed by atoms with Gasteiger partial charge in [-0.3, -0.25) is 19.2 Å². The molecule has 0 fully saturated rings. The van der Waals surface area contributed by atoms with Crippen LogP contribution in [0.2, 0.25) is 0 Å². The molecule has 1 rings (SSSR count). The van der Waals surface area contributed by atoms with Crippen LogP contribution in [0.4, 0.5) is 4.79 Å². The fourth-order valence-electron chi connectivity index (χ4n) is 3.60. The van der Waals surface area contributed by atoms with Gasteiger partial charge in [-0.15, -0.1) is 0 Å². The van der Waals surface area contributed by atoms with Crippen LogP contribution in [0.5, 0.6) is 0 Å². The number of hydrogen-bond acceptors (Lipinski definition) is 7. The van der Waals surface area contributed by atoms with Gasteiger partial charge in [0.25, 0.3) is 0 Å². The van der Waals surface area contributed by atoms with Crippen LogP contribution in [0.3, 0.4) is 0 Å². The van der Waals surface area contributed by atoms with Crippen LogP contribution >= 0.6 is 0 Å². The van der Waals surface area contributed by atoms with E-state index in [2.05, 4.69) is 15.4 Å². The number of unbranched alkanes of at least 4 members (excludes halogenated alkanes) is 1. The Bertz CT molecular complexity index is 988. The molecular weight excluding hydrogens is 480 g/mol. The van der Waals surface area contributed by atoms with Crippen LogP contribution in [0, 0.1) is 13.8 Å². The van der Waals surface area contributed by atoms with Crippen molar-refractivity contribution in [1.29, 1.82) is 0 Å². The zero-order chi connectivity index (χ0) is 28.3. The lowest BCUT2D eigenvalue weighted by atomic mass is 9.94. The van der Waals surface area contributed by atoms with Gasteiger partial charge in [0.05, 0.1) is 13.5 Å². The number of esters is 1. The molecule has 0 aromatic heterocycles. The molecule has 1 aromatic carbocycles. The second kappa shape index (κ2) is 14.2. The van der Waals surface area contributed by atoms with E-state index in [1.807, 2.05) is 26.8 Å². The van der Waals surface area contributed by atoms with E-state index in [1.54, 1.807) is 32.9 Å². The van der Waals surface area contributed by atoms with E-state index in [0.29, 0.717) is 18.4 Å². The molecule has 4 N–H and O–H groups in total. The average molecular weight is 521 g/mol. The number of amides is 4. The number of carbonyl (C=O) groups is 5. The van der Waals surface area contributed by atoms with Crippen LogP contribution in [0.1, 0.15) is 69.7 Å². The molecule has 0 bridgehead atoms. The van der Waals surface area contributed by atoms with E-state index < -0.39 is 60.4 Å². The van der Waals surface area contributed by atoms with Gasteiger partial charge in [-0.05, 0) is 57.7 Å². The highest BCUT2D eigenvalue weighted by molar-refractivity contribution is 5.95. The number of nitrogens with one attached hydrogen (secondary N) is 2. The number of aryl methyl sites for hydroxylation is 1. The number of benzene rings is 1. The van der Waals surface area contributed by atoms with Crippen LogP contribution in [-0.2, 0) is 28.7 Å². The molecule has 0 aliphatic rings. The molecule has 0 radical (unpaired) electrons. The van der Waals surface area contributed by atoms with E-state index in [-0.39, 0.29) is 6.54 Å². The molecule has 206 valence electrons. The standard InChI is InChI=1S/C26H40N4O7/c1-8-9-13-30(24(34)19(14-20(27)31)29-25(35)37-26(4,5)6)22(23(33)28-15-21(32)36-7)18-12-10-11-16(2)17(18)3/h10-12,19,22H,8-9,13-15H2,1-7H3,(H2,27,31)(H,28,33)(H,29,35). The number of carbonyl (C=O) groups excluding carboxylic acids is 5. The van der Waals surface area contributed by atoms with Gasteiger partial charge in [-0.25, -0.2) is 4.79 Å². The van der Waals surface area contributed by atoms with E-state index >= 15 is 0 Å². The molecule has 4 amide bonds. The number of nitrogens with two attached hydrogens (primary N) is 1. The predicted octanol–water partition coefficient (Wildman–Crippen LogP) is 2.03. The third-order valence-corrected chi connectivity index (χ3v) is 5.57. The zero-order valence-electron chi connectivity index (χ0n) is 22.8. The molecule has 0 saturated heterocycles. The quantitative estimate of drug-likeness (QED) is 0.356. The molecule has 11 nitrogen and oxygen atoms in total. The lowest BCUT2D eigenvalue weighted by molar-refractivity contribution is -0.145. The Morgan fingerprint density at radius 1 is 1.11 bits per heavy atom. The van der Waals surface area contributed by atoms with Gasteiger partial charge in [0.2, 0.25) is 17.7 Å². The summed E-state index contributed by atoms with van der Waals surface area (Å²) in [7, 11) is 1.20. The molecule has 0 aliphatic heterocycles. The Morgan fingerprint density at radius 3 is 2.30 bits per heavy atom. The van der Waals surface area contributed by atoms with Crippen LogP contribution in [0.25, 0.3) is 0 Å². The second-order valence-electron chi connectivity index (χ2n) is 9.74. The molecule has 1 aromatic rings. The minimum absolute atomic E-state index is 0.143. The number of alkyl carbamates (subject to hydrolysis) is 1. The van der Waals surface area contributed by atoms with Crippen LogP contribution in [0.15, 0.2) is 18.2 Å². The molecule has 2 unspecified atom stereocenters. The number of hydrogen-bond donors (Lipinski definition) is 3. The third-order valence-electron chi connectivity index (χ3n) is 5.57. The largest absolute Gasteiger partial charge is 0.468 e. The van der Waals surface area contributed by atoms with Crippen molar-refractivity contribution >= 4 is 29.8 Å². The van der Waals surface area contributed by atoms with E-state index in [1.165, 1.54) is 12.0 Å². The third kappa shape index (κ3) is 10.1. The Kier molecular flexibility index (Phi) is 12.0. The summed E-state index contributed by atoms with van der Waals surface area (Å²) in [6.07, 6.45) is -0.162. The minimum atomic E-state index is -1.37. The highest BCUT2D eigenvalue weighted by Crippen LogP contribution is 2.28. The summed E-state index contributed by atoms with van der Waals surface area (Å²) >= 11 is 0. The van der Waals surface area contributed by atoms with Gasteiger partial charge < -0.3 is 30.7 Å². The first-order valence-electron chi connectivity index (χ1n) is 12.2. The van der Waals surface area contributed by atoms with Gasteiger partial charge in [0, 0.05) is 6.54 Å². The van der Waals surface area contributed by atoms with Gasteiger partial charge >= 0.3 is 12.1 Å². The molecule has 0 aliphatic carbocycles. The topological polar surface area (TPSA) is 157 Å². The fraction of sp³-hybridized carbons (Fsp3) is 0.577. The first kappa shape index (κ1) is 31.4. The summed E-state index contributed by atoms with van der Waals surface area (Å²) in [6, 6.07) is 2.84. The molecule has 11 heteroatoms. The Labute approximate surface area is 218 Å². The molecule has 0 heterocycles. The van der Waals surface area contributed by atoms with Gasteiger partial charge in [0.15, 0.2) is 0 Å². The Balaban J connectivity index is 3.56. The molecule has 0 saturated carbocycles. The van der Waals surface area contributed by atoms with Crippen molar-refractivity contribution in [3.05, 3.63) is 34.9 Å². The number of ether oxygens (including phenoxy) is 2. The first-order chi connectivity index (χ1) is 17.2. The van der Waals surface area contributed by atoms with Crippen molar-refractivity contribution in [3.63, 3.8) is 0 Å². The summed E-state index contributed by atoms with van der Waals surface area (Å²) in [5.41, 5.74) is 6.76. The van der Waals surface area contributed by atoms with Crippen molar-refractivity contribution in [3.8, 4) is 0 Å². The van der Waals surface area contributed by atoms with Crippen molar-refractivity contribution in [1.82, 2.24) is 15.5 Å². The average Bonchev–Trinajstić information content (AvgIpc) is 2.79. The summed E-state index contributed by atoms with van der Waals surface area (Å²) < 4.78 is 9.88. The molecule has 37 heavy (non-hydrogen) atoms. The van der Waals surface area contributed by atoms with Crippen LogP contribution < -0.4 is 16.4 Å². The maximum Gasteiger partial charge on any atom is 0.408 e. The lowest BCUT2D eigenvalue weighted by Gasteiger charge is -2.35. The van der Waals surface area contributed by atoms with Crippen molar-refractivity contribution in [2.45, 2.75) is 78.5 Å². The zero-order valence-corrected chi connectivity index (χ0v) is 22.8. The van der Waals surface area contributed by atoms with Crippen molar-refractivity contribution < 1.29 is 33.4 Å². The van der Waals surface area contributed by atoms with Gasteiger partial charge in [-0.2, -0.15) is 0 Å². The minimum Gasteiger partial charge on any atom is -0.468 e. The molecule has 2 atom stereocenters. The Hall–Kier alpha value is -3.63. The van der Waals surface area contributed by atoms with Gasteiger partial charge in [-0.1, -0.05) is 31.5 Å². The maximum absolute atomic E-state index is 13.9. The monoisotopic (exact) mass is 520 g/mol. The fourth-order valence-corrected chi connectivity index (χ4v) is 3.60. The lowest BCUT2D eigenvalue weighted by Crippen LogP contribution is -2.54. The molecular formula is C26H40N4O7. The highest BCUT2D eigenvalue weighted by Gasteiger charge is 2.37. The van der Waals surface area contributed by atoms with Crippen molar-refractivity contribution in [2.24, 2.45) is 5.73 Å². The summed E-state index contributed by atoms with van der Waals surface area (Å²) in [5, 5.41) is 4.96.